The smallest absolute Gasteiger partial charge is 0.335 e. The van der Waals surface area contributed by atoms with Gasteiger partial charge in [0.2, 0.25) is 5.91 Å². The van der Waals surface area contributed by atoms with Crippen molar-refractivity contribution in [1.29, 1.82) is 0 Å². The van der Waals surface area contributed by atoms with Gasteiger partial charge in [-0.15, -0.1) is 11.8 Å². The highest BCUT2D eigenvalue weighted by Gasteiger charge is 2.34. The van der Waals surface area contributed by atoms with Crippen molar-refractivity contribution in [3.63, 3.8) is 0 Å². The molecule has 2 N–H and O–H groups in total. The lowest BCUT2D eigenvalue weighted by molar-refractivity contribution is -0.115. The van der Waals surface area contributed by atoms with E-state index in [1.54, 1.807) is 36.1 Å². The fourth-order valence-corrected chi connectivity index (χ4v) is 4.81. The molecule has 0 bridgehead atoms. The topological polar surface area (TPSA) is 93.5 Å². The van der Waals surface area contributed by atoms with Gasteiger partial charge in [-0.1, -0.05) is 12.1 Å². The number of hydrogen-bond acceptors (Lipinski definition) is 5. The number of carboxylic acid groups (broad SMARTS) is 1. The molecule has 0 fully saturated rings. The summed E-state index contributed by atoms with van der Waals surface area (Å²) in [6.07, 6.45) is 0. The van der Waals surface area contributed by atoms with E-state index in [-0.39, 0.29) is 22.0 Å². The fourth-order valence-electron chi connectivity index (χ4n) is 3.48. The van der Waals surface area contributed by atoms with Crippen LogP contribution in [0.4, 0.5) is 5.82 Å². The zero-order chi connectivity index (χ0) is 21.4. The number of aromatic nitrogens is 2. The number of nitrogens with zero attached hydrogens (tertiary/aromatic N) is 2. The highest BCUT2D eigenvalue weighted by Crippen LogP contribution is 2.46. The van der Waals surface area contributed by atoms with Gasteiger partial charge >= 0.3 is 5.97 Å². The van der Waals surface area contributed by atoms with Crippen molar-refractivity contribution in [2.75, 3.05) is 12.4 Å². The van der Waals surface area contributed by atoms with E-state index in [1.807, 2.05) is 38.1 Å². The number of fused-ring (bicyclic) bond motifs is 1. The number of carboxylic acids is 1. The minimum absolute atomic E-state index is 0.0967. The third kappa shape index (κ3) is 3.54. The van der Waals surface area contributed by atoms with Crippen LogP contribution in [0.3, 0.4) is 0 Å². The first-order chi connectivity index (χ1) is 14.4. The predicted molar refractivity (Wildman–Crippen MR) is 116 cm³/mol. The van der Waals surface area contributed by atoms with Crippen LogP contribution in [0.5, 0.6) is 5.75 Å². The summed E-state index contributed by atoms with van der Waals surface area (Å²) in [7, 11) is 1.61. The molecular weight excluding hydrogens is 402 g/mol. The first kappa shape index (κ1) is 20.0. The zero-order valence-electron chi connectivity index (χ0n) is 16.7. The van der Waals surface area contributed by atoms with Crippen molar-refractivity contribution < 1.29 is 19.4 Å². The molecule has 1 amide bonds. The van der Waals surface area contributed by atoms with Gasteiger partial charge in [0.05, 0.1) is 34.6 Å². The first-order valence-electron chi connectivity index (χ1n) is 9.42. The van der Waals surface area contributed by atoms with Crippen LogP contribution in [0.25, 0.3) is 5.69 Å². The Morgan fingerprint density at radius 1 is 1.17 bits per heavy atom. The van der Waals surface area contributed by atoms with Crippen molar-refractivity contribution in [3.05, 3.63) is 70.9 Å². The second-order valence-corrected chi connectivity index (χ2v) is 8.48. The van der Waals surface area contributed by atoms with E-state index in [0.717, 1.165) is 28.3 Å². The molecule has 2 unspecified atom stereocenters. The van der Waals surface area contributed by atoms with Crippen LogP contribution in [-0.4, -0.2) is 39.1 Å². The van der Waals surface area contributed by atoms with Gasteiger partial charge in [-0.25, -0.2) is 9.48 Å². The zero-order valence-corrected chi connectivity index (χ0v) is 17.6. The molecule has 0 saturated carbocycles. The van der Waals surface area contributed by atoms with Gasteiger partial charge in [-0.2, -0.15) is 5.10 Å². The van der Waals surface area contributed by atoms with Crippen LogP contribution in [0, 0.1) is 6.92 Å². The van der Waals surface area contributed by atoms with E-state index in [4.69, 9.17) is 9.84 Å². The average molecular weight is 423 g/mol. The summed E-state index contributed by atoms with van der Waals surface area (Å²) in [5.41, 5.74) is 3.67. The summed E-state index contributed by atoms with van der Waals surface area (Å²) < 4.78 is 6.97. The Hall–Kier alpha value is -3.26. The molecular formula is C22H21N3O4S. The summed E-state index contributed by atoms with van der Waals surface area (Å²) in [5.74, 6) is 0.301. The molecule has 154 valence electrons. The van der Waals surface area contributed by atoms with Crippen LogP contribution >= 0.6 is 11.8 Å². The van der Waals surface area contributed by atoms with Gasteiger partial charge < -0.3 is 15.2 Å². The van der Waals surface area contributed by atoms with Gasteiger partial charge in [-0.3, -0.25) is 4.79 Å². The van der Waals surface area contributed by atoms with Crippen LogP contribution in [0.2, 0.25) is 0 Å². The largest absolute Gasteiger partial charge is 0.497 e. The van der Waals surface area contributed by atoms with Crippen LogP contribution < -0.4 is 10.1 Å². The Morgan fingerprint density at radius 2 is 1.83 bits per heavy atom. The molecule has 3 aromatic rings. The number of aryl methyl sites for hydroxylation is 1. The SMILES string of the molecule is COc1ccc(-n2nc(C)c3c2NC(=O)C(C)SC3c2ccc(C(=O)O)cc2)cc1. The first-order valence-corrected chi connectivity index (χ1v) is 10.4. The molecule has 2 aromatic carbocycles. The van der Waals surface area contributed by atoms with E-state index < -0.39 is 5.97 Å². The lowest BCUT2D eigenvalue weighted by Gasteiger charge is -2.17. The Bertz CT molecular complexity index is 1110. The number of benzene rings is 2. The maximum absolute atomic E-state index is 12.7. The molecule has 30 heavy (non-hydrogen) atoms. The molecule has 0 saturated heterocycles. The number of amides is 1. The molecule has 1 aromatic heterocycles. The van der Waals surface area contributed by atoms with E-state index in [0.29, 0.717) is 5.82 Å². The molecule has 7 nitrogen and oxygen atoms in total. The second-order valence-electron chi connectivity index (χ2n) is 7.03. The minimum atomic E-state index is -0.968. The van der Waals surface area contributed by atoms with Crippen LogP contribution in [0.15, 0.2) is 48.5 Å². The molecule has 2 atom stereocenters. The third-order valence-corrected chi connectivity index (χ3v) is 6.50. The summed E-state index contributed by atoms with van der Waals surface area (Å²) >= 11 is 1.52. The molecule has 0 radical (unpaired) electrons. The number of anilines is 1. The van der Waals surface area contributed by atoms with Crippen LogP contribution in [-0.2, 0) is 4.79 Å². The Morgan fingerprint density at radius 3 is 2.43 bits per heavy atom. The number of hydrogen-bond donors (Lipinski definition) is 2. The van der Waals surface area contributed by atoms with Gasteiger partial charge in [0.1, 0.15) is 11.6 Å². The molecule has 1 aliphatic heterocycles. The summed E-state index contributed by atoms with van der Waals surface area (Å²) in [6, 6.07) is 14.2. The molecule has 0 spiro atoms. The van der Waals surface area contributed by atoms with Gasteiger partial charge in [-0.05, 0) is 55.8 Å². The van der Waals surface area contributed by atoms with E-state index in [1.165, 1.54) is 11.8 Å². The maximum Gasteiger partial charge on any atom is 0.335 e. The Balaban J connectivity index is 1.84. The quantitative estimate of drug-likeness (QED) is 0.658. The number of thioether (sulfide) groups is 1. The van der Waals surface area contributed by atoms with Gasteiger partial charge in [0, 0.05) is 5.56 Å². The Kier molecular flexibility index (Phi) is 5.26. The van der Waals surface area contributed by atoms with E-state index in [2.05, 4.69) is 5.32 Å². The number of carbonyl (C=O) groups excluding carboxylic acids is 1. The number of rotatable bonds is 4. The number of carbonyl (C=O) groups is 2. The molecule has 1 aliphatic rings. The van der Waals surface area contributed by atoms with Crippen molar-refractivity contribution in [2.24, 2.45) is 0 Å². The fraction of sp³-hybridized carbons (Fsp3) is 0.227. The number of aromatic carboxylic acids is 1. The Labute approximate surface area is 178 Å². The molecule has 4 rings (SSSR count). The third-order valence-electron chi connectivity index (χ3n) is 5.10. The number of methoxy groups -OCH3 is 1. The van der Waals surface area contributed by atoms with E-state index >= 15 is 0 Å². The summed E-state index contributed by atoms with van der Waals surface area (Å²) in [5, 5.41) is 16.5. The number of ether oxygens (including phenoxy) is 1. The van der Waals surface area contributed by atoms with Crippen molar-refractivity contribution >= 4 is 29.5 Å². The van der Waals surface area contributed by atoms with Gasteiger partial charge in [0.15, 0.2) is 0 Å². The van der Waals surface area contributed by atoms with Crippen LogP contribution in [0.1, 0.15) is 39.4 Å². The second kappa shape index (κ2) is 7.87. The normalized spacial score (nSPS) is 18.3. The maximum atomic E-state index is 12.7. The summed E-state index contributed by atoms with van der Waals surface area (Å²) in [4.78, 5) is 23.9. The van der Waals surface area contributed by atoms with Crippen molar-refractivity contribution in [3.8, 4) is 11.4 Å². The lowest BCUT2D eigenvalue weighted by Crippen LogP contribution is -2.22. The van der Waals surface area contributed by atoms with E-state index in [9.17, 15) is 14.7 Å². The lowest BCUT2D eigenvalue weighted by atomic mass is 10.0. The molecule has 0 aliphatic carbocycles. The highest BCUT2D eigenvalue weighted by atomic mass is 32.2. The average Bonchev–Trinajstić information content (AvgIpc) is 3.00. The molecule has 8 heteroatoms. The minimum Gasteiger partial charge on any atom is -0.497 e. The molecule has 2 heterocycles. The monoisotopic (exact) mass is 423 g/mol. The van der Waals surface area contributed by atoms with Crippen molar-refractivity contribution in [2.45, 2.75) is 24.3 Å². The standard InChI is InChI=1S/C22H21N3O4S/c1-12-18-19(14-4-6-15(7-5-14)22(27)28)30-13(2)21(26)23-20(18)25(24-12)16-8-10-17(29-3)11-9-16/h4-11,13,19H,1-3H3,(H,23,26)(H,27,28). The summed E-state index contributed by atoms with van der Waals surface area (Å²) in [6.45, 7) is 3.78. The number of nitrogens with one attached hydrogen (secondary N) is 1. The predicted octanol–water partition coefficient (Wildman–Crippen LogP) is 4.05. The van der Waals surface area contributed by atoms with Crippen molar-refractivity contribution in [1.82, 2.24) is 9.78 Å². The highest BCUT2D eigenvalue weighted by molar-refractivity contribution is 8.01. The van der Waals surface area contributed by atoms with Gasteiger partial charge in [0.25, 0.3) is 0 Å².